The van der Waals surface area contributed by atoms with Crippen molar-refractivity contribution in [2.75, 3.05) is 13.7 Å². The number of hydrogen-bond donors (Lipinski definition) is 1. The lowest BCUT2D eigenvalue weighted by Crippen LogP contribution is -2.56. The average Bonchev–Trinajstić information content (AvgIpc) is 3.57. The van der Waals surface area contributed by atoms with Crippen LogP contribution in [0.1, 0.15) is 104 Å². The van der Waals surface area contributed by atoms with Gasteiger partial charge in [-0.3, -0.25) is 9.59 Å². The second-order valence-electron chi connectivity index (χ2n) is 14.3. The Kier molecular flexibility index (Phi) is 9.71. The molecule has 2 aliphatic heterocycles. The first-order chi connectivity index (χ1) is 22.2. The molecule has 2 amide bonds. The van der Waals surface area contributed by atoms with Crippen molar-refractivity contribution in [1.82, 2.24) is 20.2 Å². The van der Waals surface area contributed by atoms with E-state index in [0.717, 1.165) is 88.3 Å². The number of methoxy groups -OCH3 is 1. The molecule has 2 saturated carbocycles. The third kappa shape index (κ3) is 6.67. The molecule has 1 N–H and O–H groups in total. The van der Waals surface area contributed by atoms with E-state index in [9.17, 15) is 14.4 Å². The maximum atomic E-state index is 14.5. The van der Waals surface area contributed by atoms with E-state index in [-0.39, 0.29) is 36.0 Å². The molecular formula is C36H50N4O6. The molecule has 46 heavy (non-hydrogen) atoms. The van der Waals surface area contributed by atoms with Gasteiger partial charge in [-0.1, -0.05) is 39.0 Å². The predicted molar refractivity (Wildman–Crippen MR) is 174 cm³/mol. The Morgan fingerprint density at radius 1 is 1.00 bits per heavy atom. The molecule has 1 saturated heterocycles. The highest BCUT2D eigenvalue weighted by atomic mass is 16.6. The number of aryl methyl sites for hydroxylation is 1. The molecular weight excluding hydrogens is 584 g/mol. The van der Waals surface area contributed by atoms with Crippen LogP contribution in [-0.4, -0.2) is 70.1 Å². The number of carbonyl (C=O) groups excluding carboxylic acids is 3. The number of ether oxygens (including phenoxy) is 3. The largest absolute Gasteiger partial charge is 0.497 e. The third-order valence-electron chi connectivity index (χ3n) is 11.2. The number of carbonyl (C=O) groups is 3. The molecule has 2 aromatic rings. The Labute approximate surface area is 272 Å². The van der Waals surface area contributed by atoms with E-state index >= 15 is 0 Å². The minimum absolute atomic E-state index is 0.0117. The summed E-state index contributed by atoms with van der Waals surface area (Å²) in [4.78, 5) is 52.8. The summed E-state index contributed by atoms with van der Waals surface area (Å²) in [7, 11) is 1.62. The van der Waals surface area contributed by atoms with Crippen LogP contribution in [-0.2, 0) is 20.7 Å². The Hall–Kier alpha value is -3.43. The summed E-state index contributed by atoms with van der Waals surface area (Å²) < 4.78 is 18.3. The highest BCUT2D eigenvalue weighted by Crippen LogP contribution is 2.42. The summed E-state index contributed by atoms with van der Waals surface area (Å²) in [6, 6.07) is 4.22. The summed E-state index contributed by atoms with van der Waals surface area (Å²) in [6.07, 6.45) is 11.4. The predicted octanol–water partition coefficient (Wildman–Crippen LogP) is 6.17. The number of ketones is 1. The highest BCUT2D eigenvalue weighted by molar-refractivity contribution is 5.92. The van der Waals surface area contributed by atoms with Gasteiger partial charge >= 0.3 is 6.09 Å². The fraction of sp³-hybridized carbons (Fsp3) is 0.694. The summed E-state index contributed by atoms with van der Waals surface area (Å²) in [5.41, 5.74) is 1.67. The SMILES string of the molecule is COc1ccc2nc3c(nc2c1)O[C@H]1CN(C(=O)[C@H](C2CCCCC2)NC(=O)O[C@]2(C)CCC[C@H]2CCCCC3)[C@H](C(C)=O)[C@@H]1C. The monoisotopic (exact) mass is 634 g/mol. The Morgan fingerprint density at radius 2 is 1.74 bits per heavy atom. The van der Waals surface area contributed by atoms with Crippen molar-refractivity contribution in [2.24, 2.45) is 17.8 Å². The van der Waals surface area contributed by atoms with E-state index in [2.05, 4.69) is 12.2 Å². The van der Waals surface area contributed by atoms with Crippen LogP contribution in [0.25, 0.3) is 11.0 Å². The number of nitrogens with one attached hydrogen (secondary N) is 1. The van der Waals surface area contributed by atoms with Crippen molar-refractivity contribution in [3.63, 3.8) is 0 Å². The van der Waals surface area contributed by atoms with E-state index < -0.39 is 29.9 Å². The Balaban J connectivity index is 1.37. The quantitative estimate of drug-likeness (QED) is 0.426. The molecule has 0 radical (unpaired) electrons. The maximum absolute atomic E-state index is 14.5. The van der Waals surface area contributed by atoms with Crippen molar-refractivity contribution in [3.8, 4) is 11.6 Å². The molecule has 250 valence electrons. The molecule has 2 bridgehead atoms. The minimum atomic E-state index is -0.758. The van der Waals surface area contributed by atoms with Gasteiger partial charge in [-0.05, 0) is 89.2 Å². The minimum Gasteiger partial charge on any atom is -0.497 e. The molecule has 1 aromatic heterocycles. The molecule has 2 aliphatic carbocycles. The maximum Gasteiger partial charge on any atom is 0.408 e. The number of fused-ring (bicyclic) bond motifs is 5. The average molecular weight is 635 g/mol. The molecule has 1 aromatic carbocycles. The number of hydrogen-bond acceptors (Lipinski definition) is 8. The van der Waals surface area contributed by atoms with Crippen molar-refractivity contribution in [1.29, 1.82) is 0 Å². The molecule has 6 atom stereocenters. The molecule has 6 rings (SSSR count). The zero-order chi connectivity index (χ0) is 32.4. The van der Waals surface area contributed by atoms with Crippen LogP contribution in [0.15, 0.2) is 18.2 Å². The van der Waals surface area contributed by atoms with E-state index in [1.54, 1.807) is 12.0 Å². The van der Waals surface area contributed by atoms with E-state index in [1.165, 1.54) is 6.92 Å². The van der Waals surface area contributed by atoms with Gasteiger partial charge in [-0.2, -0.15) is 0 Å². The number of rotatable bonds is 3. The molecule has 0 unspecified atom stereocenters. The fourth-order valence-corrected chi connectivity index (χ4v) is 8.55. The van der Waals surface area contributed by atoms with Crippen molar-refractivity contribution in [2.45, 2.75) is 128 Å². The smallest absolute Gasteiger partial charge is 0.408 e. The van der Waals surface area contributed by atoms with Gasteiger partial charge in [0, 0.05) is 12.0 Å². The number of Topliss-reactive ketones (excluding diaryl/α,β-unsaturated/α-hetero) is 1. The topological polar surface area (TPSA) is 120 Å². The number of amides is 2. The van der Waals surface area contributed by atoms with Crippen LogP contribution < -0.4 is 14.8 Å². The molecule has 3 heterocycles. The Bertz CT molecular complexity index is 1440. The third-order valence-corrected chi connectivity index (χ3v) is 11.2. The van der Waals surface area contributed by atoms with Crippen LogP contribution >= 0.6 is 0 Å². The van der Waals surface area contributed by atoms with Crippen molar-refractivity contribution in [3.05, 3.63) is 23.9 Å². The van der Waals surface area contributed by atoms with Crippen molar-refractivity contribution >= 4 is 28.8 Å². The first-order valence-corrected chi connectivity index (χ1v) is 17.5. The number of benzene rings is 1. The fourth-order valence-electron chi connectivity index (χ4n) is 8.55. The zero-order valence-corrected chi connectivity index (χ0v) is 27.9. The lowest BCUT2D eigenvalue weighted by Gasteiger charge is -2.36. The van der Waals surface area contributed by atoms with Crippen molar-refractivity contribution < 1.29 is 28.6 Å². The first-order valence-electron chi connectivity index (χ1n) is 17.5. The van der Waals surface area contributed by atoms with Crippen LogP contribution in [0.2, 0.25) is 0 Å². The lowest BCUT2D eigenvalue weighted by molar-refractivity contribution is -0.140. The Morgan fingerprint density at radius 3 is 2.50 bits per heavy atom. The van der Waals surface area contributed by atoms with Crippen LogP contribution in [0.4, 0.5) is 4.79 Å². The van der Waals surface area contributed by atoms with Gasteiger partial charge in [0.1, 0.15) is 29.2 Å². The van der Waals surface area contributed by atoms with Gasteiger partial charge < -0.3 is 24.4 Å². The van der Waals surface area contributed by atoms with Gasteiger partial charge in [0.25, 0.3) is 0 Å². The standard InChI is InChI=1S/C36H50N4O6/c1-22-30-21-40(32(22)23(2)41)34(42)31(24-12-7-5-8-13-24)39-35(43)46-36(3)19-11-15-25(36)14-9-6-10-16-28-33(45-30)38-29-20-26(44-4)17-18-27(29)37-28/h17-18,20,22,24-25,30-32H,5-16,19,21H2,1-4H3,(H,39,43)/t22-,25-,30+,31+,32+,36-/m1/s1. The molecule has 4 aliphatic rings. The van der Waals surface area contributed by atoms with Gasteiger partial charge in [0.15, 0.2) is 5.78 Å². The van der Waals surface area contributed by atoms with Crippen LogP contribution in [0, 0.1) is 17.8 Å². The summed E-state index contributed by atoms with van der Waals surface area (Å²) in [6.45, 7) is 5.77. The second kappa shape index (κ2) is 13.7. The summed E-state index contributed by atoms with van der Waals surface area (Å²) >= 11 is 0. The number of alkyl carbamates (subject to hydrolysis) is 1. The van der Waals surface area contributed by atoms with E-state index in [0.29, 0.717) is 23.6 Å². The summed E-state index contributed by atoms with van der Waals surface area (Å²) in [5.74, 6) is 0.785. The molecule has 10 nitrogen and oxygen atoms in total. The number of nitrogens with zero attached hydrogens (tertiary/aromatic N) is 3. The zero-order valence-electron chi connectivity index (χ0n) is 27.9. The molecule has 10 heteroatoms. The van der Waals surface area contributed by atoms with E-state index in [4.69, 9.17) is 24.2 Å². The lowest BCUT2D eigenvalue weighted by atomic mass is 9.83. The number of aromatic nitrogens is 2. The van der Waals surface area contributed by atoms with Gasteiger partial charge in [0.2, 0.25) is 11.8 Å². The highest BCUT2D eigenvalue weighted by Gasteiger charge is 2.49. The second-order valence-corrected chi connectivity index (χ2v) is 14.3. The van der Waals surface area contributed by atoms with Gasteiger partial charge in [0.05, 0.1) is 30.7 Å². The normalized spacial score (nSPS) is 31.6. The van der Waals surface area contributed by atoms with Crippen LogP contribution in [0.5, 0.6) is 11.6 Å². The first kappa shape index (κ1) is 32.5. The van der Waals surface area contributed by atoms with Crippen LogP contribution in [0.3, 0.4) is 0 Å². The molecule has 0 spiro atoms. The van der Waals surface area contributed by atoms with E-state index in [1.807, 2.05) is 25.1 Å². The van der Waals surface area contributed by atoms with Gasteiger partial charge in [-0.25, -0.2) is 14.8 Å². The summed E-state index contributed by atoms with van der Waals surface area (Å²) in [5, 5.41) is 3.04. The van der Waals surface area contributed by atoms with Gasteiger partial charge in [-0.15, -0.1) is 0 Å². The molecule has 3 fully saturated rings.